The fraction of sp³-hybridized carbons (Fsp3) is 0.235. The van der Waals surface area contributed by atoms with Crippen molar-refractivity contribution in [3.63, 3.8) is 0 Å². The van der Waals surface area contributed by atoms with Crippen molar-refractivity contribution in [2.75, 3.05) is 11.9 Å². The van der Waals surface area contributed by atoms with Crippen LogP contribution in [-0.2, 0) is 11.2 Å². The van der Waals surface area contributed by atoms with Crippen LogP contribution in [0, 0.1) is 12.7 Å². The van der Waals surface area contributed by atoms with Crippen LogP contribution in [-0.4, -0.2) is 13.0 Å². The summed E-state index contributed by atoms with van der Waals surface area (Å²) in [5.41, 5.74) is 4.08. The van der Waals surface area contributed by atoms with Gasteiger partial charge in [0, 0.05) is 18.3 Å². The van der Waals surface area contributed by atoms with E-state index in [2.05, 4.69) is 0 Å². The summed E-state index contributed by atoms with van der Waals surface area (Å²) in [6.45, 7) is 1.91. The predicted octanol–water partition coefficient (Wildman–Crippen LogP) is 3.98. The third-order valence-electron chi connectivity index (χ3n) is 3.90. The molecule has 21 heavy (non-hydrogen) atoms. The van der Waals surface area contributed by atoms with Crippen LogP contribution < -0.4 is 4.90 Å². The molecule has 4 heteroatoms. The third kappa shape index (κ3) is 2.42. The lowest BCUT2D eigenvalue weighted by Crippen LogP contribution is -2.20. The van der Waals surface area contributed by atoms with E-state index in [1.54, 1.807) is 24.1 Å². The Labute approximate surface area is 128 Å². The molecule has 1 aliphatic rings. The highest BCUT2D eigenvalue weighted by Gasteiger charge is 2.25. The molecule has 0 radical (unpaired) electrons. The Balaban J connectivity index is 2.00. The molecule has 0 spiro atoms. The number of halogens is 2. The van der Waals surface area contributed by atoms with Gasteiger partial charge in [-0.1, -0.05) is 29.8 Å². The molecule has 0 N–H and O–H groups in total. The molecule has 2 aromatic rings. The smallest absolute Gasteiger partial charge is 0.231 e. The first-order valence-electron chi connectivity index (χ1n) is 6.77. The Bertz CT molecular complexity index is 729. The van der Waals surface area contributed by atoms with E-state index < -0.39 is 5.38 Å². The number of anilines is 1. The molecule has 0 bridgehead atoms. The standard InChI is InChI=1S/C17H15ClFNO/c1-10-3-5-14(19)13(7-10)17(18)11-4-6-15-12(8-11)9-16(21)20(15)2/h3-8,17H,9H2,1-2H3. The SMILES string of the molecule is Cc1ccc(F)c(C(Cl)c2ccc3c(c2)CC(=O)N3C)c1. The van der Waals surface area contributed by atoms with Crippen LogP contribution in [0.4, 0.5) is 10.1 Å². The molecule has 1 amide bonds. The second-order valence-electron chi connectivity index (χ2n) is 5.41. The summed E-state index contributed by atoms with van der Waals surface area (Å²) in [5, 5.41) is -0.559. The minimum atomic E-state index is -0.559. The van der Waals surface area contributed by atoms with Crippen LogP contribution in [0.2, 0.25) is 0 Å². The molecule has 0 fully saturated rings. The number of benzene rings is 2. The number of amides is 1. The van der Waals surface area contributed by atoms with Gasteiger partial charge in [0.25, 0.3) is 0 Å². The maximum absolute atomic E-state index is 14.0. The van der Waals surface area contributed by atoms with Gasteiger partial charge in [-0.25, -0.2) is 4.39 Å². The van der Waals surface area contributed by atoms with Crippen molar-refractivity contribution in [2.24, 2.45) is 0 Å². The van der Waals surface area contributed by atoms with E-state index in [4.69, 9.17) is 11.6 Å². The van der Waals surface area contributed by atoms with Gasteiger partial charge in [0.15, 0.2) is 0 Å². The quantitative estimate of drug-likeness (QED) is 0.768. The number of hydrogen-bond donors (Lipinski definition) is 0. The van der Waals surface area contributed by atoms with Gasteiger partial charge in [-0.05, 0) is 30.2 Å². The molecule has 2 nitrogen and oxygen atoms in total. The average Bonchev–Trinajstić information content (AvgIpc) is 2.75. The number of rotatable bonds is 2. The lowest BCUT2D eigenvalue weighted by molar-refractivity contribution is -0.117. The van der Waals surface area contributed by atoms with E-state index in [1.165, 1.54) is 6.07 Å². The first-order chi connectivity index (χ1) is 9.97. The summed E-state index contributed by atoms with van der Waals surface area (Å²) in [4.78, 5) is 13.3. The van der Waals surface area contributed by atoms with Crippen LogP contribution in [0.15, 0.2) is 36.4 Å². The highest BCUT2D eigenvalue weighted by Crippen LogP contribution is 2.35. The zero-order valence-corrected chi connectivity index (χ0v) is 12.6. The summed E-state index contributed by atoms with van der Waals surface area (Å²) in [7, 11) is 1.76. The van der Waals surface area contributed by atoms with E-state index in [0.717, 1.165) is 22.4 Å². The zero-order valence-electron chi connectivity index (χ0n) is 11.9. The molecule has 1 aliphatic heterocycles. The molecule has 0 aliphatic carbocycles. The topological polar surface area (TPSA) is 20.3 Å². The number of hydrogen-bond acceptors (Lipinski definition) is 1. The van der Waals surface area contributed by atoms with Crippen molar-refractivity contribution in [1.82, 2.24) is 0 Å². The number of alkyl halides is 1. The number of likely N-dealkylation sites (N-methyl/N-ethyl adjacent to an activating group) is 1. The van der Waals surface area contributed by atoms with Gasteiger partial charge in [0.05, 0.1) is 11.8 Å². The lowest BCUT2D eigenvalue weighted by atomic mass is 9.99. The van der Waals surface area contributed by atoms with Crippen molar-refractivity contribution in [1.29, 1.82) is 0 Å². The van der Waals surface area contributed by atoms with Crippen molar-refractivity contribution >= 4 is 23.2 Å². The fourth-order valence-electron chi connectivity index (χ4n) is 2.68. The first-order valence-corrected chi connectivity index (χ1v) is 7.20. The highest BCUT2D eigenvalue weighted by molar-refractivity contribution is 6.22. The Morgan fingerprint density at radius 2 is 2.00 bits per heavy atom. The second kappa shape index (κ2) is 5.15. The number of carbonyl (C=O) groups is 1. The van der Waals surface area contributed by atoms with Crippen LogP contribution in [0.5, 0.6) is 0 Å². The minimum absolute atomic E-state index is 0.0648. The van der Waals surface area contributed by atoms with E-state index in [0.29, 0.717) is 12.0 Å². The molecule has 0 saturated heterocycles. The van der Waals surface area contributed by atoms with Crippen molar-refractivity contribution in [2.45, 2.75) is 18.7 Å². The number of fused-ring (bicyclic) bond motifs is 1. The van der Waals surface area contributed by atoms with Gasteiger partial charge >= 0.3 is 0 Å². The highest BCUT2D eigenvalue weighted by atomic mass is 35.5. The molecule has 3 rings (SSSR count). The Hall–Kier alpha value is -1.87. The van der Waals surface area contributed by atoms with Gasteiger partial charge in [-0.2, -0.15) is 0 Å². The van der Waals surface area contributed by atoms with Gasteiger partial charge in [-0.15, -0.1) is 11.6 Å². The summed E-state index contributed by atoms with van der Waals surface area (Å²) in [6.07, 6.45) is 0.375. The van der Waals surface area contributed by atoms with E-state index >= 15 is 0 Å². The van der Waals surface area contributed by atoms with Crippen molar-refractivity contribution < 1.29 is 9.18 Å². The van der Waals surface area contributed by atoms with Crippen LogP contribution in [0.1, 0.15) is 27.6 Å². The molecular formula is C17H15ClFNO. The Morgan fingerprint density at radius 3 is 2.76 bits per heavy atom. The molecule has 0 aromatic heterocycles. The molecule has 108 valence electrons. The largest absolute Gasteiger partial charge is 0.315 e. The maximum Gasteiger partial charge on any atom is 0.231 e. The molecule has 0 saturated carbocycles. The Kier molecular flexibility index (Phi) is 3.46. The second-order valence-corrected chi connectivity index (χ2v) is 5.84. The zero-order chi connectivity index (χ0) is 15.1. The van der Waals surface area contributed by atoms with Crippen molar-refractivity contribution in [3.8, 4) is 0 Å². The van der Waals surface area contributed by atoms with E-state index in [9.17, 15) is 9.18 Å². The summed E-state index contributed by atoms with van der Waals surface area (Å²) in [5.74, 6) is -0.246. The fourth-order valence-corrected chi connectivity index (χ4v) is 2.99. The number of carbonyl (C=O) groups excluding carboxylic acids is 1. The Morgan fingerprint density at radius 1 is 1.24 bits per heavy atom. The number of aryl methyl sites for hydroxylation is 1. The van der Waals surface area contributed by atoms with Crippen LogP contribution in [0.3, 0.4) is 0 Å². The third-order valence-corrected chi connectivity index (χ3v) is 4.38. The maximum atomic E-state index is 14.0. The molecule has 1 unspecified atom stereocenters. The van der Waals surface area contributed by atoms with Crippen LogP contribution in [0.25, 0.3) is 0 Å². The monoisotopic (exact) mass is 303 g/mol. The summed E-state index contributed by atoms with van der Waals surface area (Å²) < 4.78 is 14.0. The van der Waals surface area contributed by atoms with Crippen molar-refractivity contribution in [3.05, 3.63) is 64.5 Å². The lowest BCUT2D eigenvalue weighted by Gasteiger charge is -2.15. The van der Waals surface area contributed by atoms with Gasteiger partial charge in [0.1, 0.15) is 5.82 Å². The average molecular weight is 304 g/mol. The first kappa shape index (κ1) is 14.1. The minimum Gasteiger partial charge on any atom is -0.315 e. The predicted molar refractivity (Wildman–Crippen MR) is 82.4 cm³/mol. The van der Waals surface area contributed by atoms with Gasteiger partial charge < -0.3 is 4.90 Å². The van der Waals surface area contributed by atoms with Crippen LogP contribution >= 0.6 is 11.6 Å². The molecular weight excluding hydrogens is 289 g/mol. The summed E-state index contributed by atoms with van der Waals surface area (Å²) >= 11 is 6.44. The molecule has 1 atom stereocenters. The van der Waals surface area contributed by atoms with E-state index in [-0.39, 0.29) is 11.7 Å². The molecule has 2 aromatic carbocycles. The van der Waals surface area contributed by atoms with Gasteiger partial charge in [0.2, 0.25) is 5.91 Å². The van der Waals surface area contributed by atoms with E-state index in [1.807, 2.05) is 25.1 Å². The molecule has 1 heterocycles. The van der Waals surface area contributed by atoms with Gasteiger partial charge in [-0.3, -0.25) is 4.79 Å². The summed E-state index contributed by atoms with van der Waals surface area (Å²) in [6, 6.07) is 10.5. The normalized spacial score (nSPS) is 15.2. The number of nitrogens with zero attached hydrogens (tertiary/aromatic N) is 1.